The number of hydrogen-bond donors (Lipinski definition) is 2. The van der Waals surface area contributed by atoms with Gasteiger partial charge in [-0.1, -0.05) is 11.6 Å². The van der Waals surface area contributed by atoms with Crippen LogP contribution in [0.2, 0.25) is 5.02 Å². The first-order valence-corrected chi connectivity index (χ1v) is 6.02. The number of amidine groups is 1. The van der Waals surface area contributed by atoms with Crippen molar-refractivity contribution in [1.82, 2.24) is 0 Å². The van der Waals surface area contributed by atoms with Gasteiger partial charge in [0.25, 0.3) is 5.69 Å². The summed E-state index contributed by atoms with van der Waals surface area (Å²) in [6.07, 6.45) is 0. The third-order valence-electron chi connectivity index (χ3n) is 2.58. The summed E-state index contributed by atoms with van der Waals surface area (Å²) in [6, 6.07) is 7.32. The number of nitrogens with zero attached hydrogens (tertiary/aromatic N) is 1. The Morgan fingerprint density at radius 3 is 2.52 bits per heavy atom. The molecule has 108 valence electrons. The van der Waals surface area contributed by atoms with Gasteiger partial charge in [-0.25, -0.2) is 4.39 Å². The molecule has 0 aliphatic rings. The number of nitro benzene ring substituents is 1. The third kappa shape index (κ3) is 3.26. The molecule has 0 aliphatic heterocycles. The minimum Gasteiger partial charge on any atom is -0.454 e. The first-order chi connectivity index (χ1) is 9.88. The monoisotopic (exact) mass is 309 g/mol. The zero-order valence-corrected chi connectivity index (χ0v) is 11.2. The van der Waals surface area contributed by atoms with Gasteiger partial charge in [0.15, 0.2) is 11.6 Å². The van der Waals surface area contributed by atoms with Crippen molar-refractivity contribution in [1.29, 1.82) is 5.41 Å². The highest BCUT2D eigenvalue weighted by Gasteiger charge is 2.14. The van der Waals surface area contributed by atoms with Crippen LogP contribution in [-0.2, 0) is 0 Å². The molecule has 0 unspecified atom stereocenters. The van der Waals surface area contributed by atoms with Crippen molar-refractivity contribution in [3.05, 3.63) is 62.9 Å². The van der Waals surface area contributed by atoms with Crippen molar-refractivity contribution in [2.75, 3.05) is 0 Å². The topological polar surface area (TPSA) is 102 Å². The molecule has 21 heavy (non-hydrogen) atoms. The molecule has 0 saturated carbocycles. The molecule has 8 heteroatoms. The fraction of sp³-hybridized carbons (Fsp3) is 0. The predicted molar refractivity (Wildman–Crippen MR) is 75.6 cm³/mol. The number of hydrogen-bond acceptors (Lipinski definition) is 4. The molecule has 0 fully saturated rings. The number of nitrogen functional groups attached to an aromatic ring is 1. The number of nitro groups is 1. The molecule has 0 saturated heterocycles. The van der Waals surface area contributed by atoms with Crippen LogP contribution in [0.25, 0.3) is 0 Å². The number of non-ortho nitro benzene ring substituents is 1. The molecule has 0 amide bonds. The van der Waals surface area contributed by atoms with Crippen molar-refractivity contribution in [2.24, 2.45) is 5.73 Å². The van der Waals surface area contributed by atoms with Gasteiger partial charge in [-0.2, -0.15) is 0 Å². The average Bonchev–Trinajstić information content (AvgIpc) is 2.42. The lowest BCUT2D eigenvalue weighted by molar-refractivity contribution is -0.385. The lowest BCUT2D eigenvalue weighted by Gasteiger charge is -2.11. The molecule has 2 aromatic carbocycles. The zero-order chi connectivity index (χ0) is 15.6. The molecule has 0 radical (unpaired) electrons. The number of nitrogens with two attached hydrogens (primary N) is 1. The molecule has 6 nitrogen and oxygen atoms in total. The normalized spacial score (nSPS) is 10.2. The molecule has 0 spiro atoms. The van der Waals surface area contributed by atoms with E-state index in [9.17, 15) is 14.5 Å². The molecule has 0 atom stereocenters. The Labute approximate surface area is 123 Å². The molecular formula is C13H9ClFN3O3. The van der Waals surface area contributed by atoms with Crippen LogP contribution in [0, 0.1) is 21.3 Å². The van der Waals surface area contributed by atoms with Crippen molar-refractivity contribution in [3.63, 3.8) is 0 Å². The largest absolute Gasteiger partial charge is 0.454 e. The molecule has 0 heterocycles. The van der Waals surface area contributed by atoms with Gasteiger partial charge in [0, 0.05) is 11.1 Å². The number of rotatable bonds is 4. The van der Waals surface area contributed by atoms with Crippen LogP contribution < -0.4 is 10.5 Å². The number of benzene rings is 2. The summed E-state index contributed by atoms with van der Waals surface area (Å²) >= 11 is 5.79. The summed E-state index contributed by atoms with van der Waals surface area (Å²) in [5.74, 6) is -1.28. The lowest BCUT2D eigenvalue weighted by atomic mass is 10.2. The van der Waals surface area contributed by atoms with E-state index in [1.165, 1.54) is 18.2 Å². The second-order valence-corrected chi connectivity index (χ2v) is 4.46. The number of halogens is 2. The van der Waals surface area contributed by atoms with Gasteiger partial charge in [-0.15, -0.1) is 0 Å². The Hall–Kier alpha value is -2.67. The van der Waals surface area contributed by atoms with Crippen LogP contribution >= 0.6 is 11.6 Å². The van der Waals surface area contributed by atoms with E-state index in [2.05, 4.69) is 0 Å². The number of nitrogens with one attached hydrogen (secondary N) is 1. The molecule has 0 bridgehead atoms. The molecule has 2 rings (SSSR count). The van der Waals surface area contributed by atoms with Gasteiger partial charge in [-0.05, 0) is 24.3 Å². The lowest BCUT2D eigenvalue weighted by Crippen LogP contribution is -2.12. The maximum absolute atomic E-state index is 13.8. The molecule has 2 aromatic rings. The Bertz CT molecular complexity index is 737. The van der Waals surface area contributed by atoms with Gasteiger partial charge in [0.1, 0.15) is 11.6 Å². The van der Waals surface area contributed by atoms with E-state index >= 15 is 0 Å². The van der Waals surface area contributed by atoms with Crippen molar-refractivity contribution < 1.29 is 14.1 Å². The van der Waals surface area contributed by atoms with E-state index < -0.39 is 10.7 Å². The average molecular weight is 310 g/mol. The van der Waals surface area contributed by atoms with Crippen LogP contribution in [-0.4, -0.2) is 10.8 Å². The highest BCUT2D eigenvalue weighted by atomic mass is 35.5. The molecule has 3 N–H and O–H groups in total. The summed E-state index contributed by atoms with van der Waals surface area (Å²) in [5, 5.41) is 18.3. The Balaban J connectivity index is 2.39. The molecule has 0 aliphatic carbocycles. The quantitative estimate of drug-likeness (QED) is 0.390. The fourth-order valence-electron chi connectivity index (χ4n) is 1.61. The Morgan fingerprint density at radius 1 is 1.29 bits per heavy atom. The van der Waals surface area contributed by atoms with Crippen LogP contribution in [0.4, 0.5) is 10.1 Å². The zero-order valence-electron chi connectivity index (χ0n) is 10.5. The van der Waals surface area contributed by atoms with E-state index in [-0.39, 0.29) is 28.6 Å². The van der Waals surface area contributed by atoms with Gasteiger partial charge < -0.3 is 10.5 Å². The Morgan fingerprint density at radius 2 is 1.95 bits per heavy atom. The van der Waals surface area contributed by atoms with Gasteiger partial charge in [-0.3, -0.25) is 15.5 Å². The Kier molecular flexibility index (Phi) is 4.04. The molecule has 0 aromatic heterocycles. The van der Waals surface area contributed by atoms with E-state index in [4.69, 9.17) is 27.5 Å². The van der Waals surface area contributed by atoms with Crippen molar-refractivity contribution >= 4 is 23.1 Å². The summed E-state index contributed by atoms with van der Waals surface area (Å²) in [6.45, 7) is 0. The van der Waals surface area contributed by atoms with E-state index in [1.807, 2.05) is 0 Å². The van der Waals surface area contributed by atoms with Crippen LogP contribution in [0.15, 0.2) is 36.4 Å². The smallest absolute Gasteiger partial charge is 0.272 e. The van der Waals surface area contributed by atoms with Gasteiger partial charge in [0.05, 0.1) is 16.6 Å². The summed E-state index contributed by atoms with van der Waals surface area (Å²) in [7, 11) is 0. The number of ether oxygens (including phenoxy) is 1. The SMILES string of the molecule is N=C(N)c1cc(Cl)ccc1Oc1ccc([N+](=O)[O-])cc1F. The van der Waals surface area contributed by atoms with Gasteiger partial charge >= 0.3 is 0 Å². The summed E-state index contributed by atoms with van der Waals surface area (Å²) < 4.78 is 19.1. The van der Waals surface area contributed by atoms with Crippen molar-refractivity contribution in [2.45, 2.75) is 0 Å². The minimum absolute atomic E-state index is 0.125. The maximum Gasteiger partial charge on any atom is 0.272 e. The summed E-state index contributed by atoms with van der Waals surface area (Å²) in [4.78, 5) is 9.83. The third-order valence-corrected chi connectivity index (χ3v) is 2.81. The van der Waals surface area contributed by atoms with Crippen LogP contribution in [0.5, 0.6) is 11.5 Å². The predicted octanol–water partition coefficient (Wildman–Crippen LogP) is 3.46. The van der Waals surface area contributed by atoms with E-state index in [0.717, 1.165) is 18.2 Å². The standard InChI is InChI=1S/C13H9ClFN3O3/c14-7-1-3-11(9(5-7)13(16)17)21-12-4-2-8(18(19)20)6-10(12)15/h1-6H,(H3,16,17). The second-order valence-electron chi connectivity index (χ2n) is 4.03. The maximum atomic E-state index is 13.8. The second kappa shape index (κ2) is 5.76. The van der Waals surface area contributed by atoms with E-state index in [1.54, 1.807) is 0 Å². The van der Waals surface area contributed by atoms with Crippen molar-refractivity contribution in [3.8, 4) is 11.5 Å². The van der Waals surface area contributed by atoms with E-state index in [0.29, 0.717) is 5.02 Å². The highest BCUT2D eigenvalue weighted by molar-refractivity contribution is 6.31. The molecular weight excluding hydrogens is 301 g/mol. The first-order valence-electron chi connectivity index (χ1n) is 5.64. The summed E-state index contributed by atoms with van der Waals surface area (Å²) in [5.41, 5.74) is 5.21. The minimum atomic E-state index is -0.895. The van der Waals surface area contributed by atoms with Crippen LogP contribution in [0.1, 0.15) is 5.56 Å². The first kappa shape index (κ1) is 14.7. The highest BCUT2D eigenvalue weighted by Crippen LogP contribution is 2.30. The van der Waals surface area contributed by atoms with Crippen LogP contribution in [0.3, 0.4) is 0 Å². The fourth-order valence-corrected chi connectivity index (χ4v) is 1.78. The van der Waals surface area contributed by atoms with Gasteiger partial charge in [0.2, 0.25) is 0 Å².